The van der Waals surface area contributed by atoms with Crippen LogP contribution in [0.25, 0.3) is 0 Å². The molecule has 3 nitrogen and oxygen atoms in total. The molecule has 0 saturated carbocycles. The summed E-state index contributed by atoms with van der Waals surface area (Å²) in [6.07, 6.45) is 3.66. The van der Waals surface area contributed by atoms with Crippen LogP contribution in [0, 0.1) is 0 Å². The number of ether oxygens (including phenoxy) is 1. The summed E-state index contributed by atoms with van der Waals surface area (Å²) in [6.45, 7) is 6.36. The number of unbranched alkanes of at least 4 members (excludes halogenated alkanes) is 2. The summed E-state index contributed by atoms with van der Waals surface area (Å²) in [7, 11) is 0. The maximum Gasteiger partial charge on any atom is 0.162 e. The highest BCUT2D eigenvalue weighted by atomic mass is 16.5. The van der Waals surface area contributed by atoms with Crippen LogP contribution in [0.15, 0.2) is 18.2 Å². The fourth-order valence-corrected chi connectivity index (χ4v) is 1.71. The topological polar surface area (TPSA) is 41.5 Å². The molecular weight excluding hydrogens is 214 g/mol. The van der Waals surface area contributed by atoms with Crippen molar-refractivity contribution in [3.63, 3.8) is 0 Å². The van der Waals surface area contributed by atoms with Crippen molar-refractivity contribution < 1.29 is 9.84 Å². The van der Waals surface area contributed by atoms with Gasteiger partial charge in [0.15, 0.2) is 11.5 Å². The Bertz CT molecular complexity index is 326. The van der Waals surface area contributed by atoms with Crippen molar-refractivity contribution >= 4 is 0 Å². The number of hydrogen-bond acceptors (Lipinski definition) is 3. The van der Waals surface area contributed by atoms with Gasteiger partial charge in [0, 0.05) is 12.1 Å². The summed E-state index contributed by atoms with van der Waals surface area (Å²) in [6, 6.07) is 5.62. The van der Waals surface area contributed by atoms with Gasteiger partial charge in [0.05, 0.1) is 6.61 Å². The molecule has 0 aliphatic carbocycles. The molecule has 1 rings (SSSR count). The van der Waals surface area contributed by atoms with Gasteiger partial charge in [-0.25, -0.2) is 0 Å². The Morgan fingerprint density at radius 1 is 1.24 bits per heavy atom. The number of para-hydroxylation sites is 1. The van der Waals surface area contributed by atoms with Crippen LogP contribution in [-0.2, 0) is 6.54 Å². The molecule has 0 radical (unpaired) electrons. The van der Waals surface area contributed by atoms with Crippen LogP contribution < -0.4 is 10.1 Å². The minimum absolute atomic E-state index is 0.261. The fourth-order valence-electron chi connectivity index (χ4n) is 1.71. The minimum atomic E-state index is 0.261. The molecule has 0 fully saturated rings. The van der Waals surface area contributed by atoms with Crippen molar-refractivity contribution in [2.45, 2.75) is 39.7 Å². The largest absolute Gasteiger partial charge is 0.504 e. The average Bonchev–Trinajstić information content (AvgIpc) is 2.33. The van der Waals surface area contributed by atoms with Crippen molar-refractivity contribution in [1.29, 1.82) is 0 Å². The molecule has 1 aromatic rings. The summed E-state index contributed by atoms with van der Waals surface area (Å²) in [5, 5.41) is 13.3. The van der Waals surface area contributed by atoms with Gasteiger partial charge in [-0.15, -0.1) is 0 Å². The minimum Gasteiger partial charge on any atom is -0.504 e. The highest BCUT2D eigenvalue weighted by Gasteiger charge is 2.06. The van der Waals surface area contributed by atoms with Gasteiger partial charge in [0.1, 0.15) is 0 Å². The second kappa shape index (κ2) is 7.96. The lowest BCUT2D eigenvalue weighted by Gasteiger charge is -2.10. The molecule has 0 aliphatic rings. The molecule has 0 heterocycles. The van der Waals surface area contributed by atoms with Crippen LogP contribution in [-0.4, -0.2) is 18.3 Å². The van der Waals surface area contributed by atoms with Gasteiger partial charge < -0.3 is 15.2 Å². The highest BCUT2D eigenvalue weighted by molar-refractivity contribution is 5.45. The fraction of sp³-hybridized carbons (Fsp3) is 0.571. The zero-order chi connectivity index (χ0) is 12.5. The Hall–Kier alpha value is -1.22. The van der Waals surface area contributed by atoms with Crippen LogP contribution in [0.5, 0.6) is 11.5 Å². The van der Waals surface area contributed by atoms with E-state index in [1.807, 2.05) is 19.1 Å². The molecule has 0 spiro atoms. The third-order valence-electron chi connectivity index (χ3n) is 2.65. The van der Waals surface area contributed by atoms with Crippen LogP contribution >= 0.6 is 0 Å². The van der Waals surface area contributed by atoms with E-state index in [0.29, 0.717) is 18.9 Å². The summed E-state index contributed by atoms with van der Waals surface area (Å²) in [5.74, 6) is 0.831. The molecule has 3 heteroatoms. The monoisotopic (exact) mass is 237 g/mol. The lowest BCUT2D eigenvalue weighted by Crippen LogP contribution is -2.14. The van der Waals surface area contributed by atoms with E-state index in [9.17, 15) is 5.11 Å². The van der Waals surface area contributed by atoms with Crippen molar-refractivity contribution in [3.05, 3.63) is 23.8 Å². The molecular formula is C14H23NO2. The maximum absolute atomic E-state index is 9.96. The average molecular weight is 237 g/mol. The lowest BCUT2D eigenvalue weighted by molar-refractivity contribution is 0.316. The smallest absolute Gasteiger partial charge is 0.162 e. The van der Waals surface area contributed by atoms with E-state index < -0.39 is 0 Å². The molecule has 1 aromatic carbocycles. The van der Waals surface area contributed by atoms with E-state index in [1.165, 1.54) is 19.3 Å². The molecule has 0 saturated heterocycles. The molecule has 0 unspecified atom stereocenters. The van der Waals surface area contributed by atoms with Gasteiger partial charge >= 0.3 is 0 Å². The van der Waals surface area contributed by atoms with Gasteiger partial charge in [-0.05, 0) is 26.0 Å². The molecule has 0 aliphatic heterocycles. The second-order valence-electron chi connectivity index (χ2n) is 4.08. The van der Waals surface area contributed by atoms with Crippen molar-refractivity contribution in [2.75, 3.05) is 13.2 Å². The van der Waals surface area contributed by atoms with Crippen molar-refractivity contribution in [1.82, 2.24) is 5.32 Å². The molecule has 0 atom stereocenters. The maximum atomic E-state index is 9.96. The van der Waals surface area contributed by atoms with Gasteiger partial charge in [-0.2, -0.15) is 0 Å². The number of phenolic OH excluding ortho intramolecular Hbond substituents is 1. The molecule has 17 heavy (non-hydrogen) atoms. The Balaban J connectivity index is 2.44. The van der Waals surface area contributed by atoms with E-state index in [-0.39, 0.29) is 5.75 Å². The first-order chi connectivity index (χ1) is 8.29. The van der Waals surface area contributed by atoms with Crippen molar-refractivity contribution in [2.24, 2.45) is 0 Å². The summed E-state index contributed by atoms with van der Waals surface area (Å²) in [5.41, 5.74) is 0.896. The molecule has 96 valence electrons. The summed E-state index contributed by atoms with van der Waals surface area (Å²) >= 11 is 0. The van der Waals surface area contributed by atoms with Gasteiger partial charge in [0.25, 0.3) is 0 Å². The normalized spacial score (nSPS) is 10.5. The highest BCUT2D eigenvalue weighted by Crippen LogP contribution is 2.29. The number of hydrogen-bond donors (Lipinski definition) is 2. The first-order valence-electron chi connectivity index (χ1n) is 6.44. The van der Waals surface area contributed by atoms with Gasteiger partial charge in [0.2, 0.25) is 0 Å². The Morgan fingerprint density at radius 2 is 2.06 bits per heavy atom. The van der Waals surface area contributed by atoms with E-state index >= 15 is 0 Å². The number of nitrogens with one attached hydrogen (secondary N) is 1. The zero-order valence-electron chi connectivity index (χ0n) is 10.8. The zero-order valence-corrected chi connectivity index (χ0v) is 10.8. The second-order valence-corrected chi connectivity index (χ2v) is 4.08. The van der Waals surface area contributed by atoms with Crippen LogP contribution in [0.4, 0.5) is 0 Å². The number of phenols is 1. The molecule has 0 amide bonds. The number of rotatable bonds is 8. The lowest BCUT2D eigenvalue weighted by atomic mass is 10.2. The predicted molar refractivity (Wildman–Crippen MR) is 70.5 cm³/mol. The Kier molecular flexibility index (Phi) is 6.48. The van der Waals surface area contributed by atoms with Crippen LogP contribution in [0.3, 0.4) is 0 Å². The Labute approximate surface area is 104 Å². The van der Waals surface area contributed by atoms with E-state index in [1.54, 1.807) is 6.07 Å². The SMILES string of the molecule is CCCCCNCc1cccc(OCC)c1O. The van der Waals surface area contributed by atoms with Crippen LogP contribution in [0.2, 0.25) is 0 Å². The third kappa shape index (κ3) is 4.65. The van der Waals surface area contributed by atoms with E-state index in [2.05, 4.69) is 12.2 Å². The summed E-state index contributed by atoms with van der Waals surface area (Å²) in [4.78, 5) is 0. The Morgan fingerprint density at radius 3 is 2.76 bits per heavy atom. The van der Waals surface area contributed by atoms with E-state index in [0.717, 1.165) is 12.1 Å². The first-order valence-corrected chi connectivity index (χ1v) is 6.44. The van der Waals surface area contributed by atoms with Crippen molar-refractivity contribution in [3.8, 4) is 11.5 Å². The van der Waals surface area contributed by atoms with E-state index in [4.69, 9.17) is 4.74 Å². The van der Waals surface area contributed by atoms with Gasteiger partial charge in [-0.1, -0.05) is 31.9 Å². The predicted octanol–water partition coefficient (Wildman–Crippen LogP) is 3.07. The van der Waals surface area contributed by atoms with Gasteiger partial charge in [-0.3, -0.25) is 0 Å². The number of aromatic hydroxyl groups is 1. The quantitative estimate of drug-likeness (QED) is 0.683. The number of benzene rings is 1. The molecule has 0 aromatic heterocycles. The summed E-state index contributed by atoms with van der Waals surface area (Å²) < 4.78 is 5.34. The molecule has 2 N–H and O–H groups in total. The first kappa shape index (κ1) is 13.8. The van der Waals surface area contributed by atoms with Crippen LogP contribution in [0.1, 0.15) is 38.7 Å². The standard InChI is InChI=1S/C14H23NO2/c1-3-5-6-10-15-11-12-8-7-9-13(14(12)16)17-4-2/h7-9,15-16H,3-6,10-11H2,1-2H3. The molecule has 0 bridgehead atoms. The third-order valence-corrected chi connectivity index (χ3v) is 2.65.